The third kappa shape index (κ3) is 1.49. The topological polar surface area (TPSA) is 61.9 Å². The summed E-state index contributed by atoms with van der Waals surface area (Å²) < 4.78 is 0. The van der Waals surface area contributed by atoms with Crippen molar-refractivity contribution in [2.24, 2.45) is 0 Å². The van der Waals surface area contributed by atoms with Crippen LogP contribution in [0, 0.1) is 6.92 Å². The van der Waals surface area contributed by atoms with Crippen molar-refractivity contribution in [3.63, 3.8) is 0 Å². The van der Waals surface area contributed by atoms with Crippen LogP contribution in [0.15, 0.2) is 0 Å². The maximum atomic E-state index is 11.8. The zero-order chi connectivity index (χ0) is 10.1. The molecule has 0 unspecified atom stereocenters. The Hall–Kier alpha value is -1.39. The molecule has 0 atom stereocenters. The maximum Gasteiger partial charge on any atom is 0.293 e. The molecule has 0 radical (unpaired) electrons. The van der Waals surface area contributed by atoms with E-state index < -0.39 is 0 Å². The van der Waals surface area contributed by atoms with Gasteiger partial charge in [-0.2, -0.15) is 0 Å². The van der Waals surface area contributed by atoms with Gasteiger partial charge in [0.15, 0.2) is 0 Å². The van der Waals surface area contributed by atoms with Gasteiger partial charge in [0.05, 0.1) is 0 Å². The van der Waals surface area contributed by atoms with E-state index in [1.54, 1.807) is 11.8 Å². The smallest absolute Gasteiger partial charge is 0.293 e. The van der Waals surface area contributed by atoms with Crippen molar-refractivity contribution >= 4 is 5.91 Å². The molecule has 1 aromatic rings. The van der Waals surface area contributed by atoms with Crippen LogP contribution < -0.4 is 0 Å². The Morgan fingerprint density at radius 3 is 2.71 bits per heavy atom. The van der Waals surface area contributed by atoms with Gasteiger partial charge in [-0.15, -0.1) is 5.10 Å². The van der Waals surface area contributed by atoms with Crippen LogP contribution in [0.1, 0.15) is 35.7 Å². The van der Waals surface area contributed by atoms with E-state index >= 15 is 0 Å². The molecule has 76 valence electrons. The van der Waals surface area contributed by atoms with Crippen LogP contribution in [0.2, 0.25) is 0 Å². The highest BCUT2D eigenvalue weighted by Gasteiger charge is 2.27. The number of aromatic amines is 1. The molecule has 0 aromatic carbocycles. The number of H-pyrrole nitrogens is 1. The summed E-state index contributed by atoms with van der Waals surface area (Å²) in [6, 6.07) is 0.390. The highest BCUT2D eigenvalue weighted by molar-refractivity contribution is 5.90. The maximum absolute atomic E-state index is 11.8. The van der Waals surface area contributed by atoms with Crippen molar-refractivity contribution in [1.82, 2.24) is 20.1 Å². The molecule has 0 spiro atoms. The Bertz CT molecular complexity index is 342. The lowest BCUT2D eigenvalue weighted by atomic mass is 9.92. The number of aryl methyl sites for hydroxylation is 1. The van der Waals surface area contributed by atoms with Gasteiger partial charge in [-0.3, -0.25) is 9.89 Å². The molecule has 1 aliphatic carbocycles. The molecule has 1 aromatic heterocycles. The van der Waals surface area contributed by atoms with Crippen molar-refractivity contribution in [3.05, 3.63) is 11.6 Å². The summed E-state index contributed by atoms with van der Waals surface area (Å²) in [5, 5.41) is 6.52. The van der Waals surface area contributed by atoms with Gasteiger partial charge >= 0.3 is 0 Å². The number of nitrogens with zero attached hydrogens (tertiary/aromatic N) is 3. The van der Waals surface area contributed by atoms with E-state index in [9.17, 15) is 4.79 Å². The summed E-state index contributed by atoms with van der Waals surface area (Å²) in [5.74, 6) is 0.867. The van der Waals surface area contributed by atoms with E-state index in [-0.39, 0.29) is 11.7 Å². The van der Waals surface area contributed by atoms with Gasteiger partial charge in [0.2, 0.25) is 5.82 Å². The zero-order valence-electron chi connectivity index (χ0n) is 8.45. The van der Waals surface area contributed by atoms with Crippen LogP contribution in [0.25, 0.3) is 0 Å². The molecular formula is C9H14N4O. The number of nitrogens with one attached hydrogen (secondary N) is 1. The SMILES string of the molecule is Cc1nc(C(=O)N(C)C2CCC2)n[nH]1. The quantitative estimate of drug-likeness (QED) is 0.755. The third-order valence-electron chi connectivity index (χ3n) is 2.73. The minimum atomic E-state index is -0.0842. The summed E-state index contributed by atoms with van der Waals surface area (Å²) in [5.41, 5.74) is 0. The normalized spacial score (nSPS) is 16.4. The standard InChI is InChI=1S/C9H14N4O/c1-6-10-8(12-11-6)9(14)13(2)7-4-3-5-7/h7H,3-5H2,1-2H3,(H,10,11,12). The Morgan fingerprint density at radius 2 is 2.29 bits per heavy atom. The molecular weight excluding hydrogens is 180 g/mol. The first-order valence-electron chi connectivity index (χ1n) is 4.84. The van der Waals surface area contributed by atoms with E-state index in [1.807, 2.05) is 7.05 Å². The van der Waals surface area contributed by atoms with Gasteiger partial charge in [0, 0.05) is 13.1 Å². The molecule has 14 heavy (non-hydrogen) atoms. The summed E-state index contributed by atoms with van der Waals surface area (Å²) in [4.78, 5) is 17.5. The first-order valence-corrected chi connectivity index (χ1v) is 4.84. The van der Waals surface area contributed by atoms with Crippen LogP contribution in [0.3, 0.4) is 0 Å². The van der Waals surface area contributed by atoms with Gasteiger partial charge in [-0.05, 0) is 26.2 Å². The lowest BCUT2D eigenvalue weighted by molar-refractivity contribution is 0.0640. The van der Waals surface area contributed by atoms with Gasteiger partial charge in [-0.25, -0.2) is 4.98 Å². The van der Waals surface area contributed by atoms with E-state index in [4.69, 9.17) is 0 Å². The first-order chi connectivity index (χ1) is 6.68. The molecule has 0 aliphatic heterocycles. The molecule has 0 bridgehead atoms. The number of amides is 1. The van der Waals surface area contributed by atoms with Crippen molar-refractivity contribution < 1.29 is 4.79 Å². The number of hydrogen-bond acceptors (Lipinski definition) is 3. The number of carbonyl (C=O) groups is 1. The molecule has 5 heteroatoms. The molecule has 5 nitrogen and oxygen atoms in total. The largest absolute Gasteiger partial charge is 0.336 e. The molecule has 2 rings (SSSR count). The van der Waals surface area contributed by atoms with Crippen LogP contribution in [-0.4, -0.2) is 39.1 Å². The lowest BCUT2D eigenvalue weighted by Gasteiger charge is -2.33. The van der Waals surface area contributed by atoms with Gasteiger partial charge < -0.3 is 4.90 Å². The van der Waals surface area contributed by atoms with E-state index in [2.05, 4.69) is 15.2 Å². The van der Waals surface area contributed by atoms with Crippen molar-refractivity contribution in [2.75, 3.05) is 7.05 Å². The highest BCUT2D eigenvalue weighted by Crippen LogP contribution is 2.24. The van der Waals surface area contributed by atoms with E-state index in [1.165, 1.54) is 6.42 Å². The molecule has 1 heterocycles. The van der Waals surface area contributed by atoms with Gasteiger partial charge in [0.1, 0.15) is 5.82 Å². The molecule has 1 N–H and O–H groups in total. The minimum absolute atomic E-state index is 0.0842. The Morgan fingerprint density at radius 1 is 1.57 bits per heavy atom. The van der Waals surface area contributed by atoms with Crippen molar-refractivity contribution in [3.8, 4) is 0 Å². The van der Waals surface area contributed by atoms with Crippen molar-refractivity contribution in [2.45, 2.75) is 32.2 Å². The molecule has 1 saturated carbocycles. The highest BCUT2D eigenvalue weighted by atomic mass is 16.2. The fraction of sp³-hybridized carbons (Fsp3) is 0.667. The summed E-state index contributed by atoms with van der Waals surface area (Å²) in [7, 11) is 1.82. The number of aromatic nitrogens is 3. The van der Waals surface area contributed by atoms with Gasteiger partial charge in [0.25, 0.3) is 5.91 Å². The lowest BCUT2D eigenvalue weighted by Crippen LogP contribution is -2.41. The number of rotatable bonds is 2. The Balaban J connectivity index is 2.07. The molecule has 1 amide bonds. The first kappa shape index (κ1) is 9.18. The van der Waals surface area contributed by atoms with Crippen LogP contribution in [0.4, 0.5) is 0 Å². The predicted octanol–water partition coefficient (Wildman–Crippen LogP) is 0.738. The average Bonchev–Trinajstić information content (AvgIpc) is 2.47. The number of carbonyl (C=O) groups excluding carboxylic acids is 1. The summed E-state index contributed by atoms with van der Waals surface area (Å²) in [6.07, 6.45) is 3.42. The average molecular weight is 194 g/mol. The number of hydrogen-bond donors (Lipinski definition) is 1. The Labute approximate surface area is 82.5 Å². The van der Waals surface area contributed by atoms with Crippen LogP contribution in [-0.2, 0) is 0 Å². The third-order valence-corrected chi connectivity index (χ3v) is 2.73. The predicted molar refractivity (Wildman–Crippen MR) is 50.9 cm³/mol. The van der Waals surface area contributed by atoms with Crippen molar-refractivity contribution in [1.29, 1.82) is 0 Å². The zero-order valence-corrected chi connectivity index (χ0v) is 8.45. The fourth-order valence-corrected chi connectivity index (χ4v) is 1.54. The second kappa shape index (κ2) is 3.40. The van der Waals surface area contributed by atoms with E-state index in [0.29, 0.717) is 11.9 Å². The second-order valence-corrected chi connectivity index (χ2v) is 3.75. The summed E-state index contributed by atoms with van der Waals surface area (Å²) in [6.45, 7) is 1.78. The minimum Gasteiger partial charge on any atom is -0.336 e. The van der Waals surface area contributed by atoms with E-state index in [0.717, 1.165) is 12.8 Å². The molecule has 0 saturated heterocycles. The molecule has 1 aliphatic rings. The molecule has 1 fully saturated rings. The fourth-order valence-electron chi connectivity index (χ4n) is 1.54. The van der Waals surface area contributed by atoms with Gasteiger partial charge in [-0.1, -0.05) is 0 Å². The van der Waals surface area contributed by atoms with Crippen LogP contribution in [0.5, 0.6) is 0 Å². The summed E-state index contributed by atoms with van der Waals surface area (Å²) >= 11 is 0. The second-order valence-electron chi connectivity index (χ2n) is 3.75. The van der Waals surface area contributed by atoms with Crippen LogP contribution >= 0.6 is 0 Å². The monoisotopic (exact) mass is 194 g/mol. The Kier molecular flexibility index (Phi) is 2.23.